The van der Waals surface area contributed by atoms with Gasteiger partial charge in [-0.05, 0) is 60.8 Å². The number of hydrogen-bond acceptors (Lipinski definition) is 5. The number of aliphatic hydroxyl groups excluding tert-OH is 2. The molecule has 4 nitrogen and oxygen atoms in total. The zero-order chi connectivity index (χ0) is 26.5. The minimum atomic E-state index is -4.94. The zero-order valence-corrected chi connectivity index (χ0v) is 20.3. The van der Waals surface area contributed by atoms with Crippen molar-refractivity contribution in [2.24, 2.45) is 5.92 Å². The number of rotatable bonds is 9. The maximum absolute atomic E-state index is 13.3. The van der Waals surface area contributed by atoms with Gasteiger partial charge in [0.25, 0.3) is 0 Å². The molecule has 0 saturated carbocycles. The highest BCUT2D eigenvalue weighted by Gasteiger charge is 2.38. The van der Waals surface area contributed by atoms with Crippen LogP contribution in [-0.2, 0) is 21.8 Å². The number of hydrogen-bond donors (Lipinski definition) is 2. The first-order valence-corrected chi connectivity index (χ1v) is 12.6. The second-order valence-electron chi connectivity index (χ2n) is 8.60. The predicted molar refractivity (Wildman–Crippen MR) is 124 cm³/mol. The number of ether oxygens (including phenoxy) is 2. The minimum Gasteiger partial charge on any atom is -0.497 e. The molecule has 1 aromatic carbocycles. The van der Waals surface area contributed by atoms with Crippen molar-refractivity contribution in [3.63, 3.8) is 0 Å². The van der Waals surface area contributed by atoms with Crippen molar-refractivity contribution in [1.29, 1.82) is 0 Å². The molecule has 2 N–H and O–H groups in total. The Labute approximate surface area is 209 Å². The fourth-order valence-electron chi connectivity index (χ4n) is 4.27. The summed E-state index contributed by atoms with van der Waals surface area (Å²) >= 11 is 1.38. The van der Waals surface area contributed by atoms with E-state index in [0.29, 0.717) is 42.1 Å². The van der Waals surface area contributed by atoms with Gasteiger partial charge >= 0.3 is 12.4 Å². The van der Waals surface area contributed by atoms with Crippen molar-refractivity contribution in [2.75, 3.05) is 24.7 Å². The molecule has 3 rings (SSSR count). The number of benzene rings is 1. The third kappa shape index (κ3) is 7.30. The van der Waals surface area contributed by atoms with Gasteiger partial charge in [-0.25, -0.2) is 0 Å². The Bertz CT molecular complexity index is 953. The second kappa shape index (κ2) is 12.1. The molecule has 3 unspecified atom stereocenters. The first kappa shape index (κ1) is 28.6. The maximum Gasteiger partial charge on any atom is 0.416 e. The van der Waals surface area contributed by atoms with Crippen molar-refractivity contribution >= 4 is 11.8 Å². The van der Waals surface area contributed by atoms with Gasteiger partial charge in [0.2, 0.25) is 0 Å². The summed E-state index contributed by atoms with van der Waals surface area (Å²) in [7, 11) is 0. The standard InChI is InChI=1S/C25H28F6O4S/c1-15(16-10-17(24(26,27)28)12-18(11-16)25(29,30)31)35-23-5-3-2-4-20(23)21-13-34-8-6-19(21)22(33)14-36-9-7-32/h2,4,6,8,10-12,15,20,22-23,32-33H,3,5,7,9,13-14H2,1H3/t15-,20?,22?,23?/m1/s1. The molecule has 1 aliphatic heterocycles. The van der Waals surface area contributed by atoms with E-state index in [4.69, 9.17) is 14.6 Å². The second-order valence-corrected chi connectivity index (χ2v) is 9.75. The summed E-state index contributed by atoms with van der Waals surface area (Å²) in [5.74, 6) is 0.419. The van der Waals surface area contributed by atoms with Crippen LogP contribution in [0.1, 0.15) is 42.6 Å². The average Bonchev–Trinajstić information content (AvgIpc) is 2.83. The molecular weight excluding hydrogens is 510 g/mol. The molecule has 0 radical (unpaired) electrons. The summed E-state index contributed by atoms with van der Waals surface area (Å²) in [4.78, 5) is 0. The van der Waals surface area contributed by atoms with Crippen LogP contribution in [0.2, 0.25) is 0 Å². The number of halogens is 6. The number of alkyl halides is 6. The first-order valence-electron chi connectivity index (χ1n) is 11.4. The predicted octanol–water partition coefficient (Wildman–Crippen LogP) is 6.06. The van der Waals surface area contributed by atoms with Gasteiger partial charge < -0.3 is 19.7 Å². The molecule has 1 heterocycles. The highest BCUT2D eigenvalue weighted by Crippen LogP contribution is 2.40. The van der Waals surface area contributed by atoms with Crippen LogP contribution in [0.4, 0.5) is 26.3 Å². The lowest BCUT2D eigenvalue weighted by Gasteiger charge is -2.34. The average molecular weight is 539 g/mol. The molecule has 200 valence electrons. The molecule has 0 bridgehead atoms. The smallest absolute Gasteiger partial charge is 0.416 e. The van der Waals surface area contributed by atoms with Crippen LogP contribution in [0.25, 0.3) is 0 Å². The molecule has 0 saturated heterocycles. The molecule has 0 amide bonds. The SMILES string of the molecule is C[C@@H](OC1CCC=CC1C1=C(C(O)CSCCO)C=COC1)c1cc(C(F)(F)F)cc(C(F)(F)F)c1. The molecule has 1 aliphatic carbocycles. The van der Waals surface area contributed by atoms with Crippen LogP contribution in [0.3, 0.4) is 0 Å². The Balaban J connectivity index is 1.89. The van der Waals surface area contributed by atoms with E-state index in [2.05, 4.69) is 0 Å². The molecular formula is C25H28F6O4S. The fourth-order valence-corrected chi connectivity index (χ4v) is 4.97. The van der Waals surface area contributed by atoms with Gasteiger partial charge in [-0.1, -0.05) is 12.2 Å². The van der Waals surface area contributed by atoms with Crippen LogP contribution in [0, 0.1) is 5.92 Å². The van der Waals surface area contributed by atoms with Gasteiger partial charge in [-0.15, -0.1) is 0 Å². The molecule has 0 fully saturated rings. The molecule has 2 aliphatic rings. The van der Waals surface area contributed by atoms with Crippen molar-refractivity contribution < 1.29 is 46.0 Å². The third-order valence-electron chi connectivity index (χ3n) is 6.05. The summed E-state index contributed by atoms with van der Waals surface area (Å²) in [6, 6.07) is 1.47. The van der Waals surface area contributed by atoms with Crippen LogP contribution < -0.4 is 0 Å². The van der Waals surface area contributed by atoms with Gasteiger partial charge in [0.1, 0.15) is 6.61 Å². The summed E-state index contributed by atoms with van der Waals surface area (Å²) in [5.41, 5.74) is -1.63. The third-order valence-corrected chi connectivity index (χ3v) is 7.07. The van der Waals surface area contributed by atoms with Crippen LogP contribution in [-0.4, -0.2) is 47.1 Å². The number of thioether (sulfide) groups is 1. The summed E-state index contributed by atoms with van der Waals surface area (Å²) < 4.78 is 91.4. The van der Waals surface area contributed by atoms with Gasteiger partial charge in [0.15, 0.2) is 0 Å². The van der Waals surface area contributed by atoms with E-state index in [9.17, 15) is 31.4 Å². The highest BCUT2D eigenvalue weighted by molar-refractivity contribution is 7.99. The van der Waals surface area contributed by atoms with Crippen LogP contribution >= 0.6 is 11.8 Å². The van der Waals surface area contributed by atoms with Crippen molar-refractivity contribution in [3.8, 4) is 0 Å². The Kier molecular flexibility index (Phi) is 9.59. The topological polar surface area (TPSA) is 58.9 Å². The Hall–Kier alpha value is -1.95. The highest BCUT2D eigenvalue weighted by atomic mass is 32.2. The van der Waals surface area contributed by atoms with Crippen LogP contribution in [0.15, 0.2) is 53.8 Å². The summed E-state index contributed by atoms with van der Waals surface area (Å²) in [6.07, 6.45) is -4.31. The van der Waals surface area contributed by atoms with E-state index in [1.807, 2.05) is 12.2 Å². The van der Waals surface area contributed by atoms with Crippen LogP contribution in [0.5, 0.6) is 0 Å². The monoisotopic (exact) mass is 538 g/mol. The molecule has 36 heavy (non-hydrogen) atoms. The van der Waals surface area contributed by atoms with Crippen molar-refractivity contribution in [3.05, 3.63) is 70.5 Å². The Morgan fingerprint density at radius 1 is 1.11 bits per heavy atom. The zero-order valence-electron chi connectivity index (χ0n) is 19.5. The van der Waals surface area contributed by atoms with Crippen molar-refractivity contribution in [1.82, 2.24) is 0 Å². The van der Waals surface area contributed by atoms with Crippen molar-refractivity contribution in [2.45, 2.75) is 50.4 Å². The first-order chi connectivity index (χ1) is 16.9. The van der Waals surface area contributed by atoms with Gasteiger partial charge in [-0.2, -0.15) is 38.1 Å². The van der Waals surface area contributed by atoms with Gasteiger partial charge in [0, 0.05) is 17.4 Å². The van der Waals surface area contributed by atoms with E-state index in [1.54, 1.807) is 6.08 Å². The Morgan fingerprint density at radius 3 is 2.39 bits per heavy atom. The van der Waals surface area contributed by atoms with Gasteiger partial charge in [0.05, 0.1) is 42.3 Å². The fraction of sp³-hybridized carbons (Fsp3) is 0.520. The van der Waals surface area contributed by atoms with E-state index >= 15 is 0 Å². The number of allylic oxidation sites excluding steroid dienone is 1. The lowest BCUT2D eigenvalue weighted by Crippen LogP contribution is -2.32. The van der Waals surface area contributed by atoms with E-state index < -0.39 is 41.8 Å². The summed E-state index contributed by atoms with van der Waals surface area (Å²) in [6.45, 7) is 1.57. The molecule has 4 atom stereocenters. The van der Waals surface area contributed by atoms with Gasteiger partial charge in [-0.3, -0.25) is 0 Å². The molecule has 0 spiro atoms. The lowest BCUT2D eigenvalue weighted by molar-refractivity contribution is -0.143. The summed E-state index contributed by atoms with van der Waals surface area (Å²) in [5, 5.41) is 19.7. The normalized spacial score (nSPS) is 22.5. The largest absolute Gasteiger partial charge is 0.497 e. The Morgan fingerprint density at radius 2 is 1.78 bits per heavy atom. The maximum atomic E-state index is 13.3. The number of aliphatic hydroxyl groups is 2. The minimum absolute atomic E-state index is 0.0208. The lowest BCUT2D eigenvalue weighted by atomic mass is 9.82. The molecule has 1 aromatic rings. The van der Waals surface area contributed by atoms with E-state index in [0.717, 1.165) is 5.57 Å². The molecule has 11 heteroatoms. The molecule has 0 aromatic heterocycles. The quantitative estimate of drug-likeness (QED) is 0.227. The van der Waals surface area contributed by atoms with E-state index in [1.165, 1.54) is 24.9 Å². The van der Waals surface area contributed by atoms with E-state index in [-0.39, 0.29) is 30.8 Å².